The standard InChI is InChI=1S/C19H22FNO3S/c1-2-15-4-3-5-18(14-15)24-17-10-12-21(13-11-17)25(22,23)19-8-6-16(20)7-9-19/h3-9,14,17H,2,10-13H2,1H3. The average molecular weight is 363 g/mol. The second-order valence-corrected chi connectivity index (χ2v) is 8.11. The Kier molecular flexibility index (Phi) is 5.39. The molecule has 0 amide bonds. The summed E-state index contributed by atoms with van der Waals surface area (Å²) < 4.78 is 45.7. The van der Waals surface area contributed by atoms with Crippen LogP contribution in [0.15, 0.2) is 53.4 Å². The normalized spacial score (nSPS) is 16.7. The van der Waals surface area contributed by atoms with Crippen molar-refractivity contribution in [3.05, 3.63) is 59.9 Å². The Morgan fingerprint density at radius 1 is 1.12 bits per heavy atom. The van der Waals surface area contributed by atoms with Gasteiger partial charge in [-0.25, -0.2) is 12.8 Å². The summed E-state index contributed by atoms with van der Waals surface area (Å²) in [5.74, 6) is 0.388. The van der Waals surface area contributed by atoms with E-state index in [1.54, 1.807) is 0 Å². The molecule has 0 aliphatic carbocycles. The molecule has 0 atom stereocenters. The molecule has 1 fully saturated rings. The molecular formula is C19H22FNO3S. The van der Waals surface area contributed by atoms with Crippen LogP contribution in [0.25, 0.3) is 0 Å². The van der Waals surface area contributed by atoms with E-state index in [-0.39, 0.29) is 11.0 Å². The van der Waals surface area contributed by atoms with Crippen molar-refractivity contribution in [2.45, 2.75) is 37.2 Å². The Bertz CT molecular complexity index is 813. The molecule has 2 aromatic carbocycles. The zero-order valence-electron chi connectivity index (χ0n) is 14.2. The molecule has 0 saturated carbocycles. The summed E-state index contributed by atoms with van der Waals surface area (Å²) in [4.78, 5) is 0.129. The van der Waals surface area contributed by atoms with Gasteiger partial charge in [0, 0.05) is 13.1 Å². The van der Waals surface area contributed by atoms with Gasteiger partial charge in [0.2, 0.25) is 10.0 Å². The number of hydrogen-bond donors (Lipinski definition) is 0. The molecule has 1 aliphatic rings. The highest BCUT2D eigenvalue weighted by Crippen LogP contribution is 2.24. The third kappa shape index (κ3) is 4.19. The number of hydrogen-bond acceptors (Lipinski definition) is 3. The Labute approximate surface area is 148 Å². The van der Waals surface area contributed by atoms with Gasteiger partial charge in [-0.05, 0) is 61.2 Å². The Balaban J connectivity index is 1.62. The van der Waals surface area contributed by atoms with Gasteiger partial charge in [-0.1, -0.05) is 19.1 Å². The molecule has 2 aromatic rings. The van der Waals surface area contributed by atoms with Crippen molar-refractivity contribution in [2.75, 3.05) is 13.1 Å². The molecule has 3 rings (SSSR count). The number of piperidine rings is 1. The first-order valence-corrected chi connectivity index (χ1v) is 9.94. The number of benzene rings is 2. The van der Waals surface area contributed by atoms with Crippen LogP contribution < -0.4 is 4.74 Å². The third-order valence-corrected chi connectivity index (χ3v) is 6.37. The molecule has 4 nitrogen and oxygen atoms in total. The summed E-state index contributed by atoms with van der Waals surface area (Å²) in [5.41, 5.74) is 1.22. The highest BCUT2D eigenvalue weighted by Gasteiger charge is 2.30. The first-order chi connectivity index (χ1) is 12.0. The van der Waals surface area contributed by atoms with Gasteiger partial charge in [0.15, 0.2) is 0 Å². The van der Waals surface area contributed by atoms with Crippen LogP contribution in [0.2, 0.25) is 0 Å². The maximum absolute atomic E-state index is 13.0. The van der Waals surface area contributed by atoms with Gasteiger partial charge < -0.3 is 4.74 Å². The Morgan fingerprint density at radius 2 is 1.80 bits per heavy atom. The van der Waals surface area contributed by atoms with Gasteiger partial charge in [0.25, 0.3) is 0 Å². The molecule has 25 heavy (non-hydrogen) atoms. The minimum absolute atomic E-state index is 0.00627. The lowest BCUT2D eigenvalue weighted by Crippen LogP contribution is -2.41. The van der Waals surface area contributed by atoms with E-state index in [1.807, 2.05) is 18.2 Å². The van der Waals surface area contributed by atoms with Crippen molar-refractivity contribution in [1.29, 1.82) is 0 Å². The number of halogens is 1. The molecule has 1 aliphatic heterocycles. The first-order valence-electron chi connectivity index (χ1n) is 8.50. The number of rotatable bonds is 5. The highest BCUT2D eigenvalue weighted by molar-refractivity contribution is 7.89. The summed E-state index contributed by atoms with van der Waals surface area (Å²) in [6, 6.07) is 13.0. The van der Waals surface area contributed by atoms with Crippen molar-refractivity contribution in [3.8, 4) is 5.75 Å². The number of sulfonamides is 1. The van der Waals surface area contributed by atoms with Crippen molar-refractivity contribution >= 4 is 10.0 Å². The summed E-state index contributed by atoms with van der Waals surface area (Å²) in [7, 11) is -3.57. The molecule has 0 spiro atoms. The van der Waals surface area contributed by atoms with Crippen LogP contribution in [0.3, 0.4) is 0 Å². The van der Waals surface area contributed by atoms with Gasteiger partial charge in [-0.3, -0.25) is 0 Å². The highest BCUT2D eigenvalue weighted by atomic mass is 32.2. The van der Waals surface area contributed by atoms with Crippen molar-refractivity contribution in [3.63, 3.8) is 0 Å². The van der Waals surface area contributed by atoms with E-state index < -0.39 is 15.8 Å². The van der Waals surface area contributed by atoms with E-state index in [0.717, 1.165) is 12.2 Å². The molecule has 0 bridgehead atoms. The molecule has 0 radical (unpaired) electrons. The first kappa shape index (κ1) is 17.9. The van der Waals surface area contributed by atoms with Crippen LogP contribution in [-0.4, -0.2) is 31.9 Å². The van der Waals surface area contributed by atoms with Crippen LogP contribution in [0.5, 0.6) is 5.75 Å². The number of aryl methyl sites for hydroxylation is 1. The molecule has 1 heterocycles. The Morgan fingerprint density at radius 3 is 2.44 bits per heavy atom. The van der Waals surface area contributed by atoms with Crippen LogP contribution in [0.1, 0.15) is 25.3 Å². The van der Waals surface area contributed by atoms with Crippen LogP contribution >= 0.6 is 0 Å². The van der Waals surface area contributed by atoms with Gasteiger partial charge in [-0.15, -0.1) is 0 Å². The summed E-state index contributed by atoms with van der Waals surface area (Å²) in [5, 5.41) is 0. The Hall–Kier alpha value is -1.92. The van der Waals surface area contributed by atoms with Gasteiger partial charge in [0.05, 0.1) is 4.90 Å². The quantitative estimate of drug-likeness (QED) is 0.815. The fraction of sp³-hybridized carbons (Fsp3) is 0.368. The van der Waals surface area contributed by atoms with E-state index in [2.05, 4.69) is 13.0 Å². The van der Waals surface area contributed by atoms with E-state index in [4.69, 9.17) is 4.74 Å². The fourth-order valence-corrected chi connectivity index (χ4v) is 4.45. The smallest absolute Gasteiger partial charge is 0.243 e. The summed E-state index contributed by atoms with van der Waals surface area (Å²) >= 11 is 0. The van der Waals surface area contributed by atoms with Crippen molar-refractivity contribution < 1.29 is 17.5 Å². The molecule has 0 N–H and O–H groups in total. The van der Waals surface area contributed by atoms with Crippen LogP contribution in [0.4, 0.5) is 4.39 Å². The fourth-order valence-electron chi connectivity index (χ4n) is 2.98. The minimum Gasteiger partial charge on any atom is -0.490 e. The van der Waals surface area contributed by atoms with Crippen molar-refractivity contribution in [1.82, 2.24) is 4.31 Å². The van der Waals surface area contributed by atoms with E-state index in [1.165, 1.54) is 34.1 Å². The van der Waals surface area contributed by atoms with Crippen molar-refractivity contribution in [2.24, 2.45) is 0 Å². The summed E-state index contributed by atoms with van der Waals surface area (Å²) in [6.07, 6.45) is 2.23. The van der Waals surface area contributed by atoms with Gasteiger partial charge >= 0.3 is 0 Å². The minimum atomic E-state index is -3.57. The topological polar surface area (TPSA) is 46.6 Å². The molecule has 6 heteroatoms. The zero-order valence-corrected chi connectivity index (χ0v) is 15.0. The molecule has 1 saturated heterocycles. The molecular weight excluding hydrogens is 341 g/mol. The maximum Gasteiger partial charge on any atom is 0.243 e. The maximum atomic E-state index is 13.0. The summed E-state index contributed by atoms with van der Waals surface area (Å²) in [6.45, 7) is 2.90. The lowest BCUT2D eigenvalue weighted by atomic mass is 10.1. The lowest BCUT2D eigenvalue weighted by molar-refractivity contribution is 0.135. The second kappa shape index (κ2) is 7.54. The second-order valence-electron chi connectivity index (χ2n) is 6.18. The van der Waals surface area contributed by atoms with Crippen LogP contribution in [0, 0.1) is 5.82 Å². The lowest BCUT2D eigenvalue weighted by Gasteiger charge is -2.31. The molecule has 0 unspecified atom stereocenters. The van der Waals surface area contributed by atoms with E-state index in [9.17, 15) is 12.8 Å². The molecule has 134 valence electrons. The predicted octanol–water partition coefficient (Wildman–Crippen LogP) is 3.62. The largest absolute Gasteiger partial charge is 0.490 e. The monoisotopic (exact) mass is 363 g/mol. The SMILES string of the molecule is CCc1cccc(OC2CCN(S(=O)(=O)c3ccc(F)cc3)CC2)c1. The van der Waals surface area contributed by atoms with Crippen LogP contribution in [-0.2, 0) is 16.4 Å². The zero-order chi connectivity index (χ0) is 17.9. The van der Waals surface area contributed by atoms with E-state index in [0.29, 0.717) is 25.9 Å². The number of nitrogens with zero attached hydrogens (tertiary/aromatic N) is 1. The molecule has 0 aromatic heterocycles. The van der Waals surface area contributed by atoms with Gasteiger partial charge in [-0.2, -0.15) is 4.31 Å². The number of ether oxygens (including phenoxy) is 1. The van der Waals surface area contributed by atoms with Gasteiger partial charge in [0.1, 0.15) is 17.7 Å². The predicted molar refractivity (Wildman–Crippen MR) is 94.6 cm³/mol. The third-order valence-electron chi connectivity index (χ3n) is 4.46. The average Bonchev–Trinajstić information content (AvgIpc) is 2.63. The van der Waals surface area contributed by atoms with E-state index >= 15 is 0 Å².